The summed E-state index contributed by atoms with van der Waals surface area (Å²) >= 11 is 0. The highest BCUT2D eigenvalue weighted by Gasteiger charge is 2.36. The van der Waals surface area contributed by atoms with Gasteiger partial charge >= 0.3 is 0 Å². The number of nitrogens with zero attached hydrogens (tertiary/aromatic N) is 2. The second-order valence-electron chi connectivity index (χ2n) is 8.45. The topological polar surface area (TPSA) is 17.8 Å². The minimum Gasteiger partial charge on any atom is -0.272 e. The molecule has 0 amide bonds. The van der Waals surface area contributed by atoms with E-state index in [2.05, 4.69) is 74.0 Å². The molecule has 1 rings (SSSR count). The van der Waals surface area contributed by atoms with Gasteiger partial charge in [-0.25, -0.2) is 0 Å². The Morgan fingerprint density at radius 3 is 1.44 bits per heavy atom. The lowest BCUT2D eigenvalue weighted by Gasteiger charge is -2.30. The number of aromatic nitrogens is 2. The van der Waals surface area contributed by atoms with E-state index in [9.17, 15) is 0 Å². The first-order chi connectivity index (χ1) is 7.76. The summed E-state index contributed by atoms with van der Waals surface area (Å²) in [6.45, 7) is 20.4. The van der Waals surface area contributed by atoms with Crippen molar-refractivity contribution >= 4 is 0 Å². The Morgan fingerprint density at radius 2 is 1.17 bits per heavy atom. The summed E-state index contributed by atoms with van der Waals surface area (Å²) in [5.74, 6) is 0. The summed E-state index contributed by atoms with van der Waals surface area (Å²) in [5, 5.41) is 4.83. The third-order valence-electron chi connectivity index (χ3n) is 3.22. The zero-order chi connectivity index (χ0) is 14.5. The quantitative estimate of drug-likeness (QED) is 0.671. The number of aryl methyl sites for hydroxylation is 1. The fourth-order valence-electron chi connectivity index (χ4n) is 2.62. The van der Waals surface area contributed by atoms with E-state index in [1.165, 1.54) is 17.0 Å². The van der Waals surface area contributed by atoms with Crippen LogP contribution in [0.1, 0.15) is 79.3 Å². The van der Waals surface area contributed by atoms with Gasteiger partial charge in [0.25, 0.3) is 0 Å². The molecule has 2 nitrogen and oxygen atoms in total. The molecular weight excluding hydrogens is 220 g/mol. The van der Waals surface area contributed by atoms with Crippen LogP contribution in [0.5, 0.6) is 0 Å². The van der Waals surface area contributed by atoms with Crippen LogP contribution in [0.4, 0.5) is 0 Å². The largest absolute Gasteiger partial charge is 0.272 e. The number of rotatable bonds is 0. The first-order valence-electron chi connectivity index (χ1n) is 6.84. The molecule has 0 N–H and O–H groups in total. The second kappa shape index (κ2) is 4.11. The van der Waals surface area contributed by atoms with Crippen molar-refractivity contribution < 1.29 is 0 Å². The zero-order valence-corrected chi connectivity index (χ0v) is 13.9. The number of hydrogen-bond acceptors (Lipinski definition) is 1. The predicted octanol–water partition coefficient (Wildman–Crippen LogP) is 4.31. The van der Waals surface area contributed by atoms with E-state index in [1.807, 2.05) is 0 Å². The maximum absolute atomic E-state index is 4.83. The van der Waals surface area contributed by atoms with Crippen molar-refractivity contribution in [3.05, 3.63) is 17.0 Å². The van der Waals surface area contributed by atoms with Gasteiger partial charge < -0.3 is 0 Å². The summed E-state index contributed by atoms with van der Waals surface area (Å²) < 4.78 is 2.08. The Kier molecular flexibility index (Phi) is 3.49. The average Bonchev–Trinajstić information content (AvgIpc) is 2.39. The third-order valence-corrected chi connectivity index (χ3v) is 3.22. The molecule has 1 aromatic rings. The Labute approximate surface area is 113 Å². The Hall–Kier alpha value is -0.790. The highest BCUT2D eigenvalue weighted by molar-refractivity contribution is 5.40. The van der Waals surface area contributed by atoms with Crippen LogP contribution < -0.4 is 0 Å². The van der Waals surface area contributed by atoms with E-state index in [0.29, 0.717) is 0 Å². The smallest absolute Gasteiger partial charge is 0.0718 e. The van der Waals surface area contributed by atoms with Gasteiger partial charge in [-0.3, -0.25) is 4.68 Å². The predicted molar refractivity (Wildman–Crippen MR) is 79.3 cm³/mol. The highest BCUT2D eigenvalue weighted by atomic mass is 15.3. The third kappa shape index (κ3) is 2.78. The molecule has 0 aromatic carbocycles. The molecule has 0 unspecified atom stereocenters. The maximum atomic E-state index is 4.83. The van der Waals surface area contributed by atoms with Crippen LogP contribution in [-0.2, 0) is 23.3 Å². The zero-order valence-electron chi connectivity index (χ0n) is 13.9. The van der Waals surface area contributed by atoms with Gasteiger partial charge in [0.1, 0.15) is 0 Å². The molecule has 0 saturated carbocycles. The summed E-state index contributed by atoms with van der Waals surface area (Å²) in [6, 6.07) is 0. The van der Waals surface area contributed by atoms with Crippen LogP contribution in [0.25, 0.3) is 0 Å². The van der Waals surface area contributed by atoms with Crippen molar-refractivity contribution in [2.45, 2.75) is 78.6 Å². The molecule has 0 atom stereocenters. The van der Waals surface area contributed by atoms with Crippen LogP contribution in [-0.4, -0.2) is 9.78 Å². The van der Waals surface area contributed by atoms with E-state index in [0.717, 1.165) is 0 Å². The van der Waals surface area contributed by atoms with Crippen molar-refractivity contribution in [3.63, 3.8) is 0 Å². The van der Waals surface area contributed by atoms with Gasteiger partial charge in [-0.1, -0.05) is 62.3 Å². The number of hydrogen-bond donors (Lipinski definition) is 0. The fraction of sp³-hybridized carbons (Fsp3) is 0.812. The maximum Gasteiger partial charge on any atom is 0.0718 e. The summed E-state index contributed by atoms with van der Waals surface area (Å²) in [7, 11) is 2.07. The lowest BCUT2D eigenvalue weighted by atomic mass is 9.74. The molecule has 0 aliphatic carbocycles. The second-order valence-corrected chi connectivity index (χ2v) is 8.45. The molecule has 1 heterocycles. The van der Waals surface area contributed by atoms with Crippen LogP contribution in [0.3, 0.4) is 0 Å². The van der Waals surface area contributed by atoms with Gasteiger partial charge in [0.05, 0.1) is 5.69 Å². The molecule has 18 heavy (non-hydrogen) atoms. The molecule has 0 fully saturated rings. The lowest BCUT2D eigenvalue weighted by molar-refractivity contribution is 0.489. The van der Waals surface area contributed by atoms with Crippen molar-refractivity contribution in [2.75, 3.05) is 0 Å². The monoisotopic (exact) mass is 250 g/mol. The van der Waals surface area contributed by atoms with Crippen molar-refractivity contribution in [1.82, 2.24) is 9.78 Å². The minimum atomic E-state index is 0.0872. The van der Waals surface area contributed by atoms with Gasteiger partial charge in [-0.15, -0.1) is 0 Å². The van der Waals surface area contributed by atoms with E-state index in [4.69, 9.17) is 5.10 Å². The fourth-order valence-corrected chi connectivity index (χ4v) is 2.62. The Balaban J connectivity index is 3.70. The van der Waals surface area contributed by atoms with Crippen molar-refractivity contribution in [2.24, 2.45) is 7.05 Å². The van der Waals surface area contributed by atoms with E-state index < -0.39 is 0 Å². The summed E-state index contributed by atoms with van der Waals surface area (Å²) in [4.78, 5) is 0. The van der Waals surface area contributed by atoms with Gasteiger partial charge in [-0.05, 0) is 5.41 Å². The van der Waals surface area contributed by atoms with Gasteiger partial charge in [-0.2, -0.15) is 5.10 Å². The molecule has 0 bridgehead atoms. The molecule has 104 valence electrons. The first-order valence-corrected chi connectivity index (χ1v) is 6.84. The van der Waals surface area contributed by atoms with Crippen LogP contribution in [0.15, 0.2) is 0 Å². The molecule has 0 spiro atoms. The molecule has 0 radical (unpaired) electrons. The lowest BCUT2D eigenvalue weighted by Crippen LogP contribution is -2.26. The minimum absolute atomic E-state index is 0.0872. The summed E-state index contributed by atoms with van der Waals surface area (Å²) in [6.07, 6.45) is 0. The van der Waals surface area contributed by atoms with Crippen molar-refractivity contribution in [3.8, 4) is 0 Å². The van der Waals surface area contributed by atoms with E-state index in [1.54, 1.807) is 0 Å². The van der Waals surface area contributed by atoms with Crippen LogP contribution in [0, 0.1) is 0 Å². The SMILES string of the molecule is Cn1nc(C(C)(C)C)c(C(C)(C)C)c1C(C)(C)C. The normalized spacial score (nSPS) is 14.1. The molecular formula is C16H30N2. The molecule has 0 aliphatic heterocycles. The van der Waals surface area contributed by atoms with Gasteiger partial charge in [0, 0.05) is 29.1 Å². The van der Waals surface area contributed by atoms with E-state index >= 15 is 0 Å². The molecule has 0 aliphatic rings. The first kappa shape index (κ1) is 15.3. The van der Waals surface area contributed by atoms with Crippen molar-refractivity contribution in [1.29, 1.82) is 0 Å². The highest BCUT2D eigenvalue weighted by Crippen LogP contribution is 2.39. The van der Waals surface area contributed by atoms with Gasteiger partial charge in [0.15, 0.2) is 0 Å². The van der Waals surface area contributed by atoms with Crippen LogP contribution in [0.2, 0.25) is 0 Å². The molecule has 2 heteroatoms. The Morgan fingerprint density at radius 1 is 0.722 bits per heavy atom. The Bertz CT molecular complexity index is 431. The average molecular weight is 250 g/mol. The summed E-state index contributed by atoms with van der Waals surface area (Å²) in [5.41, 5.74) is 4.35. The standard InChI is InChI=1S/C16H30N2/c1-14(2,3)11-12(15(4,5)6)17-18(10)13(11)16(7,8)9/h1-10H3. The van der Waals surface area contributed by atoms with E-state index in [-0.39, 0.29) is 16.2 Å². The van der Waals surface area contributed by atoms with Crippen LogP contribution >= 0.6 is 0 Å². The molecule has 0 saturated heterocycles. The van der Waals surface area contributed by atoms with Gasteiger partial charge in [0.2, 0.25) is 0 Å². The molecule has 1 aromatic heterocycles.